The molecule has 0 bridgehead atoms. The largest absolute Gasteiger partial charge is 0.345 e. The van der Waals surface area contributed by atoms with Gasteiger partial charge in [0.05, 0.1) is 5.69 Å². The van der Waals surface area contributed by atoms with Crippen molar-refractivity contribution in [3.63, 3.8) is 0 Å². The van der Waals surface area contributed by atoms with E-state index < -0.39 is 0 Å². The van der Waals surface area contributed by atoms with Crippen LogP contribution in [0.2, 0.25) is 0 Å². The van der Waals surface area contributed by atoms with Gasteiger partial charge in [-0.1, -0.05) is 39.3 Å². The molecule has 2 rings (SSSR count). The van der Waals surface area contributed by atoms with E-state index in [1.165, 1.54) is 12.1 Å². The van der Waals surface area contributed by atoms with Crippen molar-refractivity contribution in [2.75, 3.05) is 13.6 Å². The quantitative estimate of drug-likeness (QED) is 0.652. The highest BCUT2D eigenvalue weighted by Gasteiger charge is 2.27. The lowest BCUT2D eigenvalue weighted by molar-refractivity contribution is -0.139. The molecule has 0 aliphatic rings. The van der Waals surface area contributed by atoms with Gasteiger partial charge in [0.2, 0.25) is 5.91 Å². The number of nitrogens with zero attached hydrogens (tertiary/aromatic N) is 2. The summed E-state index contributed by atoms with van der Waals surface area (Å²) >= 11 is 0. The zero-order valence-electron chi connectivity index (χ0n) is 16.3. The van der Waals surface area contributed by atoms with Crippen LogP contribution in [0.15, 0.2) is 30.3 Å². The molecule has 0 aliphatic heterocycles. The average molecular weight is 359 g/mol. The van der Waals surface area contributed by atoms with Gasteiger partial charge < -0.3 is 4.90 Å². The second kappa shape index (κ2) is 8.97. The number of hydrogen-bond donors (Lipinski definition) is 1. The van der Waals surface area contributed by atoms with Gasteiger partial charge in [-0.3, -0.25) is 9.89 Å². The van der Waals surface area contributed by atoms with Crippen molar-refractivity contribution in [3.05, 3.63) is 41.8 Å². The van der Waals surface area contributed by atoms with Crippen LogP contribution in [0.25, 0.3) is 11.3 Å². The number of aryl methyl sites for hydroxylation is 1. The van der Waals surface area contributed by atoms with Gasteiger partial charge in [0.1, 0.15) is 5.82 Å². The lowest BCUT2D eigenvalue weighted by atomic mass is 9.88. The number of halogens is 1. The first kappa shape index (κ1) is 20.1. The number of benzene rings is 1. The van der Waals surface area contributed by atoms with E-state index in [0.29, 0.717) is 0 Å². The Morgan fingerprint density at radius 2 is 2.00 bits per heavy atom. The van der Waals surface area contributed by atoms with Crippen LogP contribution < -0.4 is 0 Å². The number of aromatic nitrogens is 2. The van der Waals surface area contributed by atoms with E-state index in [4.69, 9.17) is 0 Å². The summed E-state index contributed by atoms with van der Waals surface area (Å²) in [5.74, 6) is -0.0368. The van der Waals surface area contributed by atoms with Gasteiger partial charge >= 0.3 is 0 Å². The Morgan fingerprint density at radius 3 is 2.69 bits per heavy atom. The monoisotopic (exact) mass is 359 g/mol. The van der Waals surface area contributed by atoms with Crippen molar-refractivity contribution in [3.8, 4) is 11.3 Å². The van der Waals surface area contributed by atoms with E-state index in [9.17, 15) is 9.18 Å². The number of unbranched alkanes of at least 4 members (excludes halogenated alkanes) is 2. The first-order chi connectivity index (χ1) is 12.3. The van der Waals surface area contributed by atoms with E-state index >= 15 is 0 Å². The van der Waals surface area contributed by atoms with Gasteiger partial charge in [0.25, 0.3) is 0 Å². The lowest BCUT2D eigenvalue weighted by Gasteiger charge is -2.28. The van der Waals surface area contributed by atoms with Gasteiger partial charge in [-0.15, -0.1) is 0 Å². The van der Waals surface area contributed by atoms with Gasteiger partial charge in [0.15, 0.2) is 0 Å². The molecule has 1 amide bonds. The molecule has 1 heterocycles. The molecule has 0 atom stereocenters. The third kappa shape index (κ3) is 5.41. The Morgan fingerprint density at radius 1 is 1.23 bits per heavy atom. The predicted octanol–water partition coefficient (Wildman–Crippen LogP) is 4.82. The molecule has 4 nitrogen and oxygen atoms in total. The topological polar surface area (TPSA) is 49.0 Å². The summed E-state index contributed by atoms with van der Waals surface area (Å²) in [6.07, 6.45) is 4.83. The minimum absolute atomic E-state index is 0.216. The second-order valence-electron chi connectivity index (χ2n) is 7.56. The number of aromatic amines is 1. The third-order valence-corrected chi connectivity index (χ3v) is 5.00. The fraction of sp³-hybridized carbons (Fsp3) is 0.524. The van der Waals surface area contributed by atoms with Gasteiger partial charge in [-0.05, 0) is 43.9 Å². The van der Waals surface area contributed by atoms with Crippen LogP contribution >= 0.6 is 0 Å². The SMILES string of the molecule is CCC(C)(C)C(=O)N(C)CCCCCc1cc(-c2cccc(F)c2)n[nH]1. The van der Waals surface area contributed by atoms with Crippen molar-refractivity contribution < 1.29 is 9.18 Å². The standard InChI is InChI=1S/C21H30FN3O/c1-5-21(2,3)20(26)25(4)13-8-6-7-12-18-15-19(24-23-18)16-10-9-11-17(22)14-16/h9-11,14-15H,5-8,12-13H2,1-4H3,(H,23,24). The molecule has 1 N–H and O–H groups in total. The van der Waals surface area contributed by atoms with Crippen molar-refractivity contribution in [2.45, 2.75) is 52.9 Å². The van der Waals surface area contributed by atoms with Crippen molar-refractivity contribution in [1.29, 1.82) is 0 Å². The molecule has 142 valence electrons. The van der Waals surface area contributed by atoms with E-state index in [2.05, 4.69) is 10.2 Å². The Hall–Kier alpha value is -2.17. The van der Waals surface area contributed by atoms with Crippen molar-refractivity contribution in [1.82, 2.24) is 15.1 Å². The summed E-state index contributed by atoms with van der Waals surface area (Å²) in [7, 11) is 1.89. The van der Waals surface area contributed by atoms with E-state index in [1.807, 2.05) is 44.9 Å². The van der Waals surface area contributed by atoms with Crippen LogP contribution in [-0.4, -0.2) is 34.6 Å². The highest BCUT2D eigenvalue weighted by atomic mass is 19.1. The molecule has 0 unspecified atom stereocenters. The highest BCUT2D eigenvalue weighted by Crippen LogP contribution is 2.23. The number of H-pyrrole nitrogens is 1. The normalized spacial score (nSPS) is 11.6. The number of carbonyl (C=O) groups excluding carboxylic acids is 1. The Labute approximate surface area is 155 Å². The van der Waals surface area contributed by atoms with Crippen LogP contribution in [0.1, 0.15) is 52.1 Å². The molecule has 0 saturated carbocycles. The van der Waals surface area contributed by atoms with E-state index in [0.717, 1.165) is 55.6 Å². The summed E-state index contributed by atoms with van der Waals surface area (Å²) in [4.78, 5) is 14.2. The molecule has 1 aromatic heterocycles. The molecule has 0 aliphatic carbocycles. The minimum atomic E-state index is -0.280. The Bertz CT molecular complexity index is 724. The average Bonchev–Trinajstić information content (AvgIpc) is 3.09. The Balaban J connectivity index is 1.73. The molecular formula is C21H30FN3O. The number of rotatable bonds is 9. The maximum absolute atomic E-state index is 13.3. The van der Waals surface area contributed by atoms with Gasteiger partial charge in [-0.2, -0.15) is 5.10 Å². The zero-order chi connectivity index (χ0) is 19.2. The first-order valence-corrected chi connectivity index (χ1v) is 9.39. The van der Waals surface area contributed by atoms with Crippen LogP contribution in [0.3, 0.4) is 0 Å². The number of nitrogens with one attached hydrogen (secondary N) is 1. The summed E-state index contributed by atoms with van der Waals surface area (Å²) in [6.45, 7) is 6.84. The van der Waals surface area contributed by atoms with Crippen molar-refractivity contribution in [2.24, 2.45) is 5.41 Å². The Kier molecular flexibility index (Phi) is 6.95. The summed E-state index contributed by atoms with van der Waals surface area (Å²) in [5, 5.41) is 7.30. The predicted molar refractivity (Wildman–Crippen MR) is 103 cm³/mol. The number of carbonyl (C=O) groups is 1. The molecular weight excluding hydrogens is 329 g/mol. The molecule has 0 fully saturated rings. The summed E-state index contributed by atoms with van der Waals surface area (Å²) in [6, 6.07) is 8.45. The maximum Gasteiger partial charge on any atom is 0.227 e. The first-order valence-electron chi connectivity index (χ1n) is 9.39. The maximum atomic E-state index is 13.3. The van der Waals surface area contributed by atoms with Crippen LogP contribution in [-0.2, 0) is 11.2 Å². The lowest BCUT2D eigenvalue weighted by Crippen LogP contribution is -2.38. The molecule has 2 aromatic rings. The van der Waals surface area contributed by atoms with Crippen LogP contribution in [0.4, 0.5) is 4.39 Å². The molecule has 0 saturated heterocycles. The van der Waals surface area contributed by atoms with E-state index in [-0.39, 0.29) is 17.1 Å². The highest BCUT2D eigenvalue weighted by molar-refractivity contribution is 5.81. The molecule has 26 heavy (non-hydrogen) atoms. The fourth-order valence-electron chi connectivity index (χ4n) is 2.90. The second-order valence-corrected chi connectivity index (χ2v) is 7.56. The summed E-state index contributed by atoms with van der Waals surface area (Å²) < 4.78 is 13.3. The third-order valence-electron chi connectivity index (χ3n) is 5.00. The number of hydrogen-bond acceptors (Lipinski definition) is 2. The van der Waals surface area contributed by atoms with E-state index in [1.54, 1.807) is 6.07 Å². The molecule has 5 heteroatoms. The molecule has 0 spiro atoms. The summed E-state index contributed by atoms with van der Waals surface area (Å²) in [5.41, 5.74) is 2.33. The smallest absolute Gasteiger partial charge is 0.227 e. The number of amides is 1. The fourth-order valence-corrected chi connectivity index (χ4v) is 2.90. The van der Waals surface area contributed by atoms with Gasteiger partial charge in [-0.25, -0.2) is 4.39 Å². The zero-order valence-corrected chi connectivity index (χ0v) is 16.3. The molecule has 0 radical (unpaired) electrons. The molecule has 1 aromatic carbocycles. The van der Waals surface area contributed by atoms with Crippen molar-refractivity contribution >= 4 is 5.91 Å². The van der Waals surface area contributed by atoms with Crippen LogP contribution in [0, 0.1) is 11.2 Å². The van der Waals surface area contributed by atoms with Crippen LogP contribution in [0.5, 0.6) is 0 Å². The minimum Gasteiger partial charge on any atom is -0.345 e. The van der Waals surface area contributed by atoms with Gasteiger partial charge in [0, 0.05) is 30.3 Å².